The molecular formula is C19H15F2N3. The minimum Gasteiger partial charge on any atom is -0.250 e. The van der Waals surface area contributed by atoms with Crippen LogP contribution in [0.2, 0.25) is 0 Å². The smallest absolute Gasteiger partial charge is 0.250 e. The van der Waals surface area contributed by atoms with E-state index in [9.17, 15) is 8.78 Å². The van der Waals surface area contributed by atoms with Crippen molar-refractivity contribution in [2.45, 2.75) is 13.3 Å². The lowest BCUT2D eigenvalue weighted by Crippen LogP contribution is -1.97. The maximum Gasteiger partial charge on any atom is 0.264 e. The van der Waals surface area contributed by atoms with Crippen molar-refractivity contribution in [1.82, 2.24) is 14.8 Å². The van der Waals surface area contributed by atoms with Crippen molar-refractivity contribution in [1.29, 1.82) is 0 Å². The number of fused-ring (bicyclic) bond motifs is 2. The molecule has 0 amide bonds. The van der Waals surface area contributed by atoms with E-state index in [0.29, 0.717) is 22.4 Å². The van der Waals surface area contributed by atoms with E-state index in [4.69, 9.17) is 0 Å². The zero-order chi connectivity index (χ0) is 16.8. The number of hydrogen-bond acceptors (Lipinski definition) is 2. The summed E-state index contributed by atoms with van der Waals surface area (Å²) in [6.45, 7) is 1.73. The monoisotopic (exact) mass is 323 g/mol. The van der Waals surface area contributed by atoms with Gasteiger partial charge in [0.1, 0.15) is 0 Å². The number of hydrogen-bond donors (Lipinski definition) is 0. The van der Waals surface area contributed by atoms with Crippen molar-refractivity contribution < 1.29 is 8.78 Å². The van der Waals surface area contributed by atoms with E-state index in [1.54, 1.807) is 18.7 Å². The molecule has 0 N–H and O–H groups in total. The van der Waals surface area contributed by atoms with Crippen LogP contribution in [0, 0.1) is 6.92 Å². The normalized spacial score (nSPS) is 11.7. The summed E-state index contributed by atoms with van der Waals surface area (Å²) >= 11 is 0. The second-order valence-corrected chi connectivity index (χ2v) is 5.83. The van der Waals surface area contributed by atoms with Gasteiger partial charge in [0, 0.05) is 18.2 Å². The van der Waals surface area contributed by atoms with E-state index in [1.807, 2.05) is 42.5 Å². The van der Waals surface area contributed by atoms with Gasteiger partial charge in [-0.1, -0.05) is 42.5 Å². The average molecular weight is 323 g/mol. The Kier molecular flexibility index (Phi) is 3.30. The minimum atomic E-state index is -2.58. The Morgan fingerprint density at radius 2 is 1.79 bits per heavy atom. The van der Waals surface area contributed by atoms with E-state index in [2.05, 4.69) is 10.1 Å². The molecular weight excluding hydrogens is 308 g/mol. The van der Waals surface area contributed by atoms with Gasteiger partial charge in [0.15, 0.2) is 5.65 Å². The second kappa shape index (κ2) is 5.37. The molecule has 0 saturated heterocycles. The maximum absolute atomic E-state index is 13.6. The summed E-state index contributed by atoms with van der Waals surface area (Å²) in [5, 5.41) is 6.74. The van der Waals surface area contributed by atoms with Crippen LogP contribution >= 0.6 is 0 Å². The topological polar surface area (TPSA) is 30.7 Å². The SMILES string of the molecule is Cc1nn(C)c2nc(-c3cccc4ccccc34)cc(C(F)F)c12. The van der Waals surface area contributed by atoms with Crippen molar-refractivity contribution in [3.05, 3.63) is 59.8 Å². The Morgan fingerprint density at radius 1 is 1.04 bits per heavy atom. The predicted molar refractivity (Wildman–Crippen MR) is 91.1 cm³/mol. The van der Waals surface area contributed by atoms with Crippen molar-refractivity contribution in [3.8, 4) is 11.3 Å². The van der Waals surface area contributed by atoms with E-state index in [-0.39, 0.29) is 5.56 Å². The standard InChI is InChI=1S/C19H15F2N3/c1-11-17-15(18(20)21)10-16(22-19(17)24(2)23-11)14-9-5-7-12-6-3-4-8-13(12)14/h3-10,18H,1-2H3. The maximum atomic E-state index is 13.6. The lowest BCUT2D eigenvalue weighted by atomic mass is 10.00. The van der Waals surface area contributed by atoms with Crippen LogP contribution < -0.4 is 0 Å². The fraction of sp³-hybridized carbons (Fsp3) is 0.158. The molecule has 0 aliphatic heterocycles. The summed E-state index contributed by atoms with van der Waals surface area (Å²) in [4.78, 5) is 4.63. The van der Waals surface area contributed by atoms with Crippen molar-refractivity contribution in [3.63, 3.8) is 0 Å². The molecule has 0 atom stereocenters. The quantitative estimate of drug-likeness (QED) is 0.518. The summed E-state index contributed by atoms with van der Waals surface area (Å²) < 4.78 is 28.8. The Bertz CT molecular complexity index is 1060. The first-order valence-electron chi connectivity index (χ1n) is 7.67. The van der Waals surface area contributed by atoms with Crippen LogP contribution in [0.25, 0.3) is 33.1 Å². The van der Waals surface area contributed by atoms with Gasteiger partial charge in [-0.15, -0.1) is 0 Å². The van der Waals surface area contributed by atoms with Crippen LogP contribution in [0.3, 0.4) is 0 Å². The van der Waals surface area contributed by atoms with Gasteiger partial charge in [0.25, 0.3) is 6.43 Å². The second-order valence-electron chi connectivity index (χ2n) is 5.83. The van der Waals surface area contributed by atoms with Gasteiger partial charge in [-0.3, -0.25) is 4.68 Å². The van der Waals surface area contributed by atoms with E-state index >= 15 is 0 Å². The van der Waals surface area contributed by atoms with Crippen molar-refractivity contribution in [2.75, 3.05) is 0 Å². The highest BCUT2D eigenvalue weighted by Gasteiger charge is 2.20. The highest BCUT2D eigenvalue weighted by molar-refractivity contribution is 5.97. The Balaban J connectivity index is 2.08. The lowest BCUT2D eigenvalue weighted by molar-refractivity contribution is 0.153. The molecule has 0 spiro atoms. The highest BCUT2D eigenvalue weighted by atomic mass is 19.3. The average Bonchev–Trinajstić information content (AvgIpc) is 2.88. The van der Waals surface area contributed by atoms with Crippen LogP contribution in [0.1, 0.15) is 17.7 Å². The van der Waals surface area contributed by atoms with Crippen LogP contribution in [0.15, 0.2) is 48.5 Å². The third-order valence-electron chi connectivity index (χ3n) is 4.30. The third-order valence-corrected chi connectivity index (χ3v) is 4.30. The Labute approximate surface area is 137 Å². The summed E-state index contributed by atoms with van der Waals surface area (Å²) in [6.07, 6.45) is -2.58. The first-order chi connectivity index (χ1) is 11.6. The van der Waals surface area contributed by atoms with Crippen LogP contribution in [0.4, 0.5) is 8.78 Å². The lowest BCUT2D eigenvalue weighted by Gasteiger charge is -2.10. The Hall–Kier alpha value is -2.82. The molecule has 120 valence electrons. The number of nitrogens with zero attached hydrogens (tertiary/aromatic N) is 3. The number of aromatic nitrogens is 3. The third kappa shape index (κ3) is 2.16. The molecule has 4 rings (SSSR count). The summed E-state index contributed by atoms with van der Waals surface area (Å²) in [5.74, 6) is 0. The molecule has 0 aliphatic carbocycles. The first kappa shape index (κ1) is 14.8. The number of benzene rings is 2. The largest absolute Gasteiger partial charge is 0.264 e. The number of rotatable bonds is 2. The first-order valence-corrected chi connectivity index (χ1v) is 7.67. The van der Waals surface area contributed by atoms with Gasteiger partial charge in [-0.05, 0) is 23.8 Å². The molecule has 4 aromatic rings. The van der Waals surface area contributed by atoms with E-state index in [0.717, 1.165) is 16.3 Å². The van der Waals surface area contributed by atoms with Gasteiger partial charge >= 0.3 is 0 Å². The molecule has 2 aromatic heterocycles. The van der Waals surface area contributed by atoms with Gasteiger partial charge < -0.3 is 0 Å². The van der Waals surface area contributed by atoms with Gasteiger partial charge in [0.2, 0.25) is 0 Å². The molecule has 0 unspecified atom stereocenters. The van der Waals surface area contributed by atoms with Crippen molar-refractivity contribution >= 4 is 21.8 Å². The molecule has 2 heterocycles. The zero-order valence-corrected chi connectivity index (χ0v) is 13.3. The van der Waals surface area contributed by atoms with Crippen LogP contribution in [-0.2, 0) is 7.05 Å². The van der Waals surface area contributed by atoms with Gasteiger partial charge in [-0.25, -0.2) is 13.8 Å². The van der Waals surface area contributed by atoms with E-state index < -0.39 is 6.43 Å². The fourth-order valence-corrected chi connectivity index (χ4v) is 3.24. The number of aryl methyl sites for hydroxylation is 2. The molecule has 0 bridgehead atoms. The summed E-state index contributed by atoms with van der Waals surface area (Å²) in [5.41, 5.74) is 2.41. The number of alkyl halides is 2. The molecule has 0 saturated carbocycles. The highest BCUT2D eigenvalue weighted by Crippen LogP contribution is 2.34. The summed E-state index contributed by atoms with van der Waals surface area (Å²) in [7, 11) is 1.73. The van der Waals surface area contributed by atoms with Crippen molar-refractivity contribution in [2.24, 2.45) is 7.05 Å². The molecule has 2 aromatic carbocycles. The van der Waals surface area contributed by atoms with Crippen LogP contribution in [-0.4, -0.2) is 14.8 Å². The molecule has 0 fully saturated rings. The van der Waals surface area contributed by atoms with Gasteiger partial charge in [0.05, 0.1) is 16.8 Å². The van der Waals surface area contributed by atoms with Crippen LogP contribution in [0.5, 0.6) is 0 Å². The molecule has 3 nitrogen and oxygen atoms in total. The fourth-order valence-electron chi connectivity index (χ4n) is 3.24. The molecule has 24 heavy (non-hydrogen) atoms. The number of pyridine rings is 1. The number of halogens is 2. The minimum absolute atomic E-state index is 0.0199. The summed E-state index contributed by atoms with van der Waals surface area (Å²) in [6, 6.07) is 15.2. The molecule has 0 aliphatic rings. The molecule has 0 radical (unpaired) electrons. The van der Waals surface area contributed by atoms with Gasteiger partial charge in [-0.2, -0.15) is 5.10 Å². The zero-order valence-electron chi connectivity index (χ0n) is 13.3. The Morgan fingerprint density at radius 3 is 2.58 bits per heavy atom. The van der Waals surface area contributed by atoms with E-state index in [1.165, 1.54) is 6.07 Å². The molecule has 5 heteroatoms. The predicted octanol–water partition coefficient (Wildman–Crippen LogP) is 5.03.